The van der Waals surface area contributed by atoms with Crippen molar-refractivity contribution in [3.63, 3.8) is 0 Å². The Labute approximate surface area is 211 Å². The van der Waals surface area contributed by atoms with Crippen LogP contribution in [0.4, 0.5) is 0 Å². The van der Waals surface area contributed by atoms with Crippen molar-refractivity contribution >= 4 is 35.1 Å². The Balaban J connectivity index is 1.54. The number of carbonyl (C=O) groups excluding carboxylic acids is 3. The molecule has 2 N–H and O–H groups in total. The van der Waals surface area contributed by atoms with E-state index in [9.17, 15) is 14.4 Å². The van der Waals surface area contributed by atoms with E-state index in [2.05, 4.69) is 17.6 Å². The van der Waals surface area contributed by atoms with Crippen molar-refractivity contribution in [2.24, 2.45) is 0 Å². The number of nitrogens with zero attached hydrogens (tertiary/aromatic N) is 1. The summed E-state index contributed by atoms with van der Waals surface area (Å²) in [5, 5.41) is 5.50. The highest BCUT2D eigenvalue weighted by Gasteiger charge is 2.34. The summed E-state index contributed by atoms with van der Waals surface area (Å²) in [5.74, 6) is -0.565. The first kappa shape index (κ1) is 26.2. The zero-order valence-corrected chi connectivity index (χ0v) is 20.6. The predicted molar refractivity (Wildman–Crippen MR) is 136 cm³/mol. The van der Waals surface area contributed by atoms with E-state index >= 15 is 0 Å². The van der Waals surface area contributed by atoms with E-state index in [1.54, 1.807) is 29.2 Å². The highest BCUT2D eigenvalue weighted by Crippen LogP contribution is 2.15. The molecule has 186 valence electrons. The zero-order valence-electron chi connectivity index (χ0n) is 19.8. The van der Waals surface area contributed by atoms with Gasteiger partial charge in [0.05, 0.1) is 13.0 Å². The Kier molecular flexibility index (Phi) is 10.0. The molecule has 0 radical (unpaired) electrons. The van der Waals surface area contributed by atoms with Crippen LogP contribution in [-0.4, -0.2) is 53.5 Å². The van der Waals surface area contributed by atoms with Crippen molar-refractivity contribution in [2.75, 3.05) is 19.7 Å². The van der Waals surface area contributed by atoms with E-state index in [1.165, 1.54) is 0 Å². The summed E-state index contributed by atoms with van der Waals surface area (Å²) in [6.07, 6.45) is 3.03. The predicted octanol–water partition coefficient (Wildman–Crippen LogP) is 3.20. The largest absolute Gasteiger partial charge is 0.494 e. The van der Waals surface area contributed by atoms with Crippen LogP contribution in [0.25, 0.3) is 0 Å². The van der Waals surface area contributed by atoms with E-state index in [0.717, 1.165) is 24.8 Å². The van der Waals surface area contributed by atoms with Crippen molar-refractivity contribution < 1.29 is 23.9 Å². The van der Waals surface area contributed by atoms with Gasteiger partial charge in [-0.05, 0) is 48.5 Å². The molecule has 2 amide bonds. The molecule has 1 atom stereocenters. The van der Waals surface area contributed by atoms with Crippen molar-refractivity contribution in [3.05, 3.63) is 65.7 Å². The summed E-state index contributed by atoms with van der Waals surface area (Å²) in [5.41, 5.74) is 1.26. The maximum atomic E-state index is 12.7. The van der Waals surface area contributed by atoms with Gasteiger partial charge in [-0.25, -0.2) is 0 Å². The lowest BCUT2D eigenvalue weighted by molar-refractivity contribution is -0.148. The van der Waals surface area contributed by atoms with Crippen molar-refractivity contribution in [1.29, 1.82) is 0 Å². The topological polar surface area (TPSA) is 97.0 Å². The number of hydrogen-bond acceptors (Lipinski definition) is 6. The van der Waals surface area contributed by atoms with Crippen molar-refractivity contribution in [3.8, 4) is 5.75 Å². The summed E-state index contributed by atoms with van der Waals surface area (Å²) in [4.78, 5) is 39.2. The quantitative estimate of drug-likeness (QED) is 0.296. The molecule has 0 aromatic heterocycles. The van der Waals surface area contributed by atoms with Crippen LogP contribution in [0, 0.1) is 0 Å². The minimum atomic E-state index is -0.862. The van der Waals surface area contributed by atoms with Crippen LogP contribution >= 0.6 is 12.2 Å². The molecule has 0 saturated carbocycles. The fourth-order valence-corrected chi connectivity index (χ4v) is 3.91. The smallest absolute Gasteiger partial charge is 0.308 e. The number of hydrogen-bond donors (Lipinski definition) is 2. The third kappa shape index (κ3) is 8.06. The second-order valence-corrected chi connectivity index (χ2v) is 8.58. The fraction of sp³-hybridized carbons (Fsp3) is 0.385. The highest BCUT2D eigenvalue weighted by atomic mass is 32.1. The molecule has 0 aliphatic carbocycles. The van der Waals surface area contributed by atoms with Crippen molar-refractivity contribution in [1.82, 2.24) is 15.5 Å². The third-order valence-corrected chi connectivity index (χ3v) is 5.88. The Morgan fingerprint density at radius 3 is 2.57 bits per heavy atom. The van der Waals surface area contributed by atoms with Gasteiger partial charge in [-0.1, -0.05) is 50.1 Å². The number of carbonyl (C=O) groups is 3. The Bertz CT molecular complexity index is 1010. The summed E-state index contributed by atoms with van der Waals surface area (Å²) in [6, 6.07) is 15.2. The molecular formula is C26H31N3O5S. The first-order valence-electron chi connectivity index (χ1n) is 11.8. The second kappa shape index (κ2) is 13.4. The normalized spacial score (nSPS) is 15.2. The van der Waals surface area contributed by atoms with Crippen LogP contribution in [-0.2, 0) is 20.9 Å². The number of piperazine rings is 1. The van der Waals surface area contributed by atoms with E-state index in [-0.39, 0.29) is 24.0 Å². The fourth-order valence-electron chi connectivity index (χ4n) is 3.60. The van der Waals surface area contributed by atoms with Crippen LogP contribution in [0.3, 0.4) is 0 Å². The molecule has 1 unspecified atom stereocenters. The Hall–Kier alpha value is -3.46. The van der Waals surface area contributed by atoms with E-state index in [4.69, 9.17) is 21.7 Å². The van der Waals surface area contributed by atoms with Crippen LogP contribution in [0.5, 0.6) is 5.75 Å². The SMILES string of the molecule is CCCCCOc1ccc(C(=O)NC(=S)N2CCNC(=O)C2CC(=O)OCc2ccccc2)cc1. The minimum absolute atomic E-state index is 0.0885. The van der Waals surface area contributed by atoms with Gasteiger partial charge in [0.1, 0.15) is 18.4 Å². The maximum Gasteiger partial charge on any atom is 0.308 e. The second-order valence-electron chi connectivity index (χ2n) is 8.19. The van der Waals surface area contributed by atoms with E-state index < -0.39 is 17.9 Å². The highest BCUT2D eigenvalue weighted by molar-refractivity contribution is 7.80. The molecule has 1 saturated heterocycles. The van der Waals surface area contributed by atoms with Gasteiger partial charge in [0.25, 0.3) is 5.91 Å². The monoisotopic (exact) mass is 497 g/mol. The molecule has 35 heavy (non-hydrogen) atoms. The van der Waals surface area contributed by atoms with E-state index in [0.29, 0.717) is 31.0 Å². The third-order valence-electron chi connectivity index (χ3n) is 5.55. The molecule has 9 heteroatoms. The molecule has 3 rings (SSSR count). The number of ether oxygens (including phenoxy) is 2. The molecule has 0 spiro atoms. The number of rotatable bonds is 10. The average Bonchev–Trinajstić information content (AvgIpc) is 2.87. The molecule has 0 bridgehead atoms. The number of unbranched alkanes of at least 4 members (excludes halogenated alkanes) is 2. The maximum absolute atomic E-state index is 12.7. The molecule has 1 aliphatic rings. The standard InChI is InChI=1S/C26H31N3O5S/c1-2-3-7-16-33-21-12-10-20(11-13-21)24(31)28-26(35)29-15-14-27-25(32)22(29)17-23(30)34-18-19-8-5-4-6-9-19/h4-6,8-13,22H,2-3,7,14-18H2,1H3,(H,27,32)(H,28,31,35). The van der Waals surface area contributed by atoms with Crippen LogP contribution in [0.1, 0.15) is 48.5 Å². The first-order chi connectivity index (χ1) is 17.0. The lowest BCUT2D eigenvalue weighted by atomic mass is 10.1. The van der Waals surface area contributed by atoms with Gasteiger partial charge in [0.2, 0.25) is 5.91 Å². The molecule has 1 heterocycles. The van der Waals surface area contributed by atoms with Gasteiger partial charge in [-0.2, -0.15) is 0 Å². The number of esters is 1. The summed E-state index contributed by atoms with van der Waals surface area (Å²) in [7, 11) is 0. The first-order valence-corrected chi connectivity index (χ1v) is 12.2. The summed E-state index contributed by atoms with van der Waals surface area (Å²) < 4.78 is 11.0. The summed E-state index contributed by atoms with van der Waals surface area (Å²) >= 11 is 5.42. The van der Waals surface area contributed by atoms with Gasteiger partial charge in [-0.3, -0.25) is 19.7 Å². The number of benzene rings is 2. The van der Waals surface area contributed by atoms with Gasteiger partial charge >= 0.3 is 5.97 Å². The molecule has 1 fully saturated rings. The lowest BCUT2D eigenvalue weighted by Crippen LogP contribution is -2.60. The van der Waals surface area contributed by atoms with Gasteiger partial charge in [0, 0.05) is 18.7 Å². The molecule has 2 aromatic rings. The zero-order chi connectivity index (χ0) is 25.0. The Morgan fingerprint density at radius 1 is 1.11 bits per heavy atom. The van der Waals surface area contributed by atoms with Gasteiger partial charge in [0.15, 0.2) is 5.11 Å². The number of nitrogens with one attached hydrogen (secondary N) is 2. The molecule has 2 aromatic carbocycles. The lowest BCUT2D eigenvalue weighted by Gasteiger charge is -2.36. The molecule has 8 nitrogen and oxygen atoms in total. The van der Waals surface area contributed by atoms with Crippen LogP contribution in [0.15, 0.2) is 54.6 Å². The minimum Gasteiger partial charge on any atom is -0.494 e. The Morgan fingerprint density at radius 2 is 1.86 bits per heavy atom. The molecule has 1 aliphatic heterocycles. The van der Waals surface area contributed by atoms with E-state index in [1.807, 2.05) is 30.3 Å². The van der Waals surface area contributed by atoms with Crippen LogP contribution < -0.4 is 15.4 Å². The number of thiocarbonyl (C=S) groups is 1. The van der Waals surface area contributed by atoms with Gasteiger partial charge in [-0.15, -0.1) is 0 Å². The van der Waals surface area contributed by atoms with Gasteiger partial charge < -0.3 is 19.7 Å². The average molecular weight is 498 g/mol. The summed E-state index contributed by atoms with van der Waals surface area (Å²) in [6.45, 7) is 3.61. The van der Waals surface area contributed by atoms with Crippen LogP contribution in [0.2, 0.25) is 0 Å². The molecular weight excluding hydrogens is 466 g/mol. The van der Waals surface area contributed by atoms with Crippen molar-refractivity contribution in [2.45, 2.75) is 45.3 Å². The number of amides is 2.